The molecule has 0 aliphatic carbocycles. The Balaban J connectivity index is 1.32. The summed E-state index contributed by atoms with van der Waals surface area (Å²) in [5.74, 6) is 2.74. The number of fused-ring (bicyclic) bond motifs is 1. The number of esters is 1. The fourth-order valence-corrected chi connectivity index (χ4v) is 3.84. The van der Waals surface area contributed by atoms with Crippen molar-refractivity contribution in [2.45, 2.75) is 6.92 Å². The first-order chi connectivity index (χ1) is 19.6. The van der Waals surface area contributed by atoms with Crippen LogP contribution < -0.4 is 25.3 Å². The van der Waals surface area contributed by atoms with Crippen molar-refractivity contribution in [2.75, 3.05) is 57.8 Å². The van der Waals surface area contributed by atoms with Crippen LogP contribution in [0.1, 0.15) is 6.92 Å². The topological polar surface area (TPSA) is 123 Å². The van der Waals surface area contributed by atoms with Crippen molar-refractivity contribution in [3.05, 3.63) is 72.9 Å². The highest BCUT2D eigenvalue weighted by Crippen LogP contribution is 2.34. The number of nitrogens with one attached hydrogen (secondary N) is 1. The van der Waals surface area contributed by atoms with Gasteiger partial charge in [0.2, 0.25) is 0 Å². The number of hydrogen-bond donors (Lipinski definition) is 2. The fourth-order valence-electron chi connectivity index (χ4n) is 3.84. The normalized spacial score (nSPS) is 10.8. The number of carbonyl (C=O) groups is 1. The SMILES string of the molecule is CCOC(=O)COCCOCCOc1cc(Nc2cc(Oc3ccc(N)c4ccccc34)ccn2)cc(OC)c1. The molecule has 0 bridgehead atoms. The van der Waals surface area contributed by atoms with E-state index in [-0.39, 0.29) is 13.2 Å². The average Bonchev–Trinajstić information content (AvgIpc) is 2.96. The molecule has 0 saturated heterocycles. The van der Waals surface area contributed by atoms with Crippen molar-refractivity contribution in [3.8, 4) is 23.0 Å². The molecule has 0 saturated carbocycles. The summed E-state index contributed by atoms with van der Waals surface area (Å²) in [6.45, 7) is 3.29. The summed E-state index contributed by atoms with van der Waals surface area (Å²) in [5.41, 5.74) is 7.55. The summed E-state index contributed by atoms with van der Waals surface area (Å²) >= 11 is 0. The number of ether oxygens (including phenoxy) is 6. The fraction of sp³-hybridized carbons (Fsp3) is 0.267. The van der Waals surface area contributed by atoms with Crippen LogP contribution in [0.2, 0.25) is 0 Å². The lowest BCUT2D eigenvalue weighted by molar-refractivity contribution is -0.148. The minimum atomic E-state index is -0.391. The van der Waals surface area contributed by atoms with Crippen LogP contribution in [-0.4, -0.2) is 57.7 Å². The van der Waals surface area contributed by atoms with Gasteiger partial charge in [-0.05, 0) is 25.1 Å². The molecule has 3 aromatic carbocycles. The minimum absolute atomic E-state index is 0.0878. The number of anilines is 3. The van der Waals surface area contributed by atoms with Crippen LogP contribution >= 0.6 is 0 Å². The zero-order valence-electron chi connectivity index (χ0n) is 22.6. The highest BCUT2D eigenvalue weighted by atomic mass is 16.6. The second-order valence-corrected chi connectivity index (χ2v) is 8.52. The summed E-state index contributed by atoms with van der Waals surface area (Å²) in [6, 6.07) is 20.6. The third-order valence-corrected chi connectivity index (χ3v) is 5.66. The van der Waals surface area contributed by atoms with E-state index in [9.17, 15) is 4.79 Å². The molecule has 1 aromatic heterocycles. The van der Waals surface area contributed by atoms with E-state index in [4.69, 9.17) is 34.2 Å². The van der Waals surface area contributed by atoms with E-state index < -0.39 is 5.97 Å². The van der Waals surface area contributed by atoms with Crippen molar-refractivity contribution in [3.63, 3.8) is 0 Å². The van der Waals surface area contributed by atoms with Crippen LogP contribution in [0.4, 0.5) is 17.2 Å². The minimum Gasteiger partial charge on any atom is -0.497 e. The summed E-state index contributed by atoms with van der Waals surface area (Å²) in [4.78, 5) is 15.7. The van der Waals surface area contributed by atoms with Gasteiger partial charge in [0, 0.05) is 52.6 Å². The van der Waals surface area contributed by atoms with E-state index in [1.54, 1.807) is 32.4 Å². The van der Waals surface area contributed by atoms with E-state index in [0.29, 0.717) is 60.9 Å². The van der Waals surface area contributed by atoms with Crippen LogP contribution in [0.15, 0.2) is 72.9 Å². The van der Waals surface area contributed by atoms with Crippen LogP contribution in [0, 0.1) is 0 Å². The molecule has 3 N–H and O–H groups in total. The smallest absolute Gasteiger partial charge is 0.332 e. The molecular weight excluding hydrogens is 514 g/mol. The lowest BCUT2D eigenvalue weighted by atomic mass is 10.1. The van der Waals surface area contributed by atoms with Crippen molar-refractivity contribution in [2.24, 2.45) is 0 Å². The van der Waals surface area contributed by atoms with Gasteiger partial charge in [-0.2, -0.15) is 0 Å². The molecule has 0 atom stereocenters. The van der Waals surface area contributed by atoms with Crippen molar-refractivity contribution < 1.29 is 33.2 Å². The van der Waals surface area contributed by atoms with Gasteiger partial charge in [-0.15, -0.1) is 0 Å². The maximum Gasteiger partial charge on any atom is 0.332 e. The Morgan fingerprint density at radius 2 is 1.65 bits per heavy atom. The van der Waals surface area contributed by atoms with Gasteiger partial charge in [0.15, 0.2) is 0 Å². The van der Waals surface area contributed by atoms with Crippen molar-refractivity contribution in [1.82, 2.24) is 4.98 Å². The quantitative estimate of drug-likeness (QED) is 0.115. The van der Waals surface area contributed by atoms with Crippen LogP contribution in [-0.2, 0) is 19.0 Å². The zero-order chi connectivity index (χ0) is 28.2. The number of pyridine rings is 1. The first kappa shape index (κ1) is 28.5. The molecule has 0 fully saturated rings. The monoisotopic (exact) mass is 547 g/mol. The van der Waals surface area contributed by atoms with Gasteiger partial charge in [0.1, 0.15) is 42.0 Å². The average molecular weight is 548 g/mol. The van der Waals surface area contributed by atoms with Crippen molar-refractivity contribution >= 4 is 33.9 Å². The molecule has 0 aliphatic heterocycles. The number of rotatable bonds is 15. The largest absolute Gasteiger partial charge is 0.497 e. The molecule has 0 amide bonds. The van der Waals surface area contributed by atoms with E-state index in [0.717, 1.165) is 16.5 Å². The van der Waals surface area contributed by atoms with E-state index in [1.807, 2.05) is 54.6 Å². The highest BCUT2D eigenvalue weighted by Gasteiger charge is 2.09. The lowest BCUT2D eigenvalue weighted by Gasteiger charge is -2.14. The predicted octanol–water partition coefficient (Wildman–Crippen LogP) is 5.34. The summed E-state index contributed by atoms with van der Waals surface area (Å²) in [6.07, 6.45) is 1.67. The third-order valence-electron chi connectivity index (χ3n) is 5.66. The number of nitrogen functional groups attached to an aromatic ring is 1. The number of aromatic nitrogens is 1. The number of nitrogens with two attached hydrogens (primary N) is 1. The van der Waals surface area contributed by atoms with Gasteiger partial charge in [0.05, 0.1) is 33.5 Å². The van der Waals surface area contributed by atoms with Crippen LogP contribution in [0.3, 0.4) is 0 Å². The maximum atomic E-state index is 11.2. The lowest BCUT2D eigenvalue weighted by Crippen LogP contribution is -2.16. The van der Waals surface area contributed by atoms with Gasteiger partial charge in [-0.1, -0.05) is 24.3 Å². The zero-order valence-corrected chi connectivity index (χ0v) is 22.6. The number of carbonyl (C=O) groups excluding carboxylic acids is 1. The van der Waals surface area contributed by atoms with E-state index in [2.05, 4.69) is 10.3 Å². The molecule has 1 heterocycles. The second-order valence-electron chi connectivity index (χ2n) is 8.52. The predicted molar refractivity (Wildman–Crippen MR) is 153 cm³/mol. The molecular formula is C30H33N3O7. The number of methoxy groups -OCH3 is 1. The Kier molecular flexibility index (Phi) is 10.4. The third kappa shape index (κ3) is 8.23. The number of nitrogens with zero attached hydrogens (tertiary/aromatic N) is 1. The molecule has 10 heteroatoms. The molecule has 0 spiro atoms. The summed E-state index contributed by atoms with van der Waals surface area (Å²) < 4.78 is 32.9. The first-order valence-corrected chi connectivity index (χ1v) is 12.9. The van der Waals surface area contributed by atoms with E-state index >= 15 is 0 Å². The van der Waals surface area contributed by atoms with Gasteiger partial charge >= 0.3 is 5.97 Å². The second kappa shape index (κ2) is 14.6. The number of hydrogen-bond acceptors (Lipinski definition) is 10. The van der Waals surface area contributed by atoms with Crippen LogP contribution in [0.5, 0.6) is 23.0 Å². The summed E-state index contributed by atoms with van der Waals surface area (Å²) in [5, 5.41) is 5.14. The van der Waals surface area contributed by atoms with Crippen molar-refractivity contribution in [1.29, 1.82) is 0 Å². The Morgan fingerprint density at radius 1 is 0.875 bits per heavy atom. The van der Waals surface area contributed by atoms with Gasteiger partial charge in [0.25, 0.3) is 0 Å². The van der Waals surface area contributed by atoms with Gasteiger partial charge < -0.3 is 39.5 Å². The Labute approximate surface area is 232 Å². The molecule has 40 heavy (non-hydrogen) atoms. The molecule has 0 radical (unpaired) electrons. The number of benzene rings is 3. The Hall–Kier alpha value is -4.54. The standard InChI is InChI=1S/C30H33N3O7/c1-3-38-30(34)20-37-13-12-36-14-15-39-24-17-21(16-23(18-24)35-2)33-29-19-22(10-11-32-29)40-28-9-8-27(31)25-6-4-5-7-26(25)28/h4-11,16-19H,3,12-15,20,31H2,1-2H3,(H,32,33). The Morgan fingerprint density at radius 3 is 2.48 bits per heavy atom. The van der Waals surface area contributed by atoms with Gasteiger partial charge in [-0.25, -0.2) is 9.78 Å². The molecule has 210 valence electrons. The van der Waals surface area contributed by atoms with E-state index in [1.165, 1.54) is 0 Å². The maximum absolute atomic E-state index is 11.2. The summed E-state index contributed by atoms with van der Waals surface area (Å²) in [7, 11) is 1.59. The molecule has 4 aromatic rings. The molecule has 0 unspecified atom stereocenters. The Bertz CT molecular complexity index is 1410. The molecule has 0 aliphatic rings. The first-order valence-electron chi connectivity index (χ1n) is 12.9. The van der Waals surface area contributed by atoms with Crippen LogP contribution in [0.25, 0.3) is 10.8 Å². The molecule has 4 rings (SSSR count). The van der Waals surface area contributed by atoms with Gasteiger partial charge in [-0.3, -0.25) is 0 Å². The highest BCUT2D eigenvalue weighted by molar-refractivity contribution is 5.97. The molecule has 10 nitrogen and oxygen atoms in total.